The highest BCUT2D eigenvalue weighted by Crippen LogP contribution is 2.10. The van der Waals surface area contributed by atoms with Crippen LogP contribution in [0.1, 0.15) is 18.9 Å². The molecule has 4 nitrogen and oxygen atoms in total. The fourth-order valence-corrected chi connectivity index (χ4v) is 1.48. The summed E-state index contributed by atoms with van der Waals surface area (Å²) < 4.78 is 25.9. The Kier molecular flexibility index (Phi) is 4.76. The first-order valence-electron chi connectivity index (χ1n) is 5.33. The quantitative estimate of drug-likeness (QED) is 0.839. The van der Waals surface area contributed by atoms with E-state index in [0.717, 1.165) is 6.07 Å². The number of aliphatic carboxylic acids is 1. The van der Waals surface area contributed by atoms with Crippen LogP contribution < -0.4 is 5.32 Å². The Morgan fingerprint density at radius 1 is 1.39 bits per heavy atom. The van der Waals surface area contributed by atoms with E-state index in [2.05, 4.69) is 5.32 Å². The minimum Gasteiger partial charge on any atom is -0.481 e. The van der Waals surface area contributed by atoms with Gasteiger partial charge < -0.3 is 10.4 Å². The molecule has 0 saturated heterocycles. The summed E-state index contributed by atoms with van der Waals surface area (Å²) in [7, 11) is 0. The van der Waals surface area contributed by atoms with Gasteiger partial charge in [0.25, 0.3) is 0 Å². The van der Waals surface area contributed by atoms with E-state index in [0.29, 0.717) is 6.07 Å². The summed E-state index contributed by atoms with van der Waals surface area (Å²) in [4.78, 5) is 21.9. The molecule has 1 amide bonds. The van der Waals surface area contributed by atoms with E-state index in [-0.39, 0.29) is 18.4 Å². The van der Waals surface area contributed by atoms with Crippen LogP contribution in [-0.2, 0) is 16.0 Å². The summed E-state index contributed by atoms with van der Waals surface area (Å²) in [5.74, 6) is -3.04. The minimum absolute atomic E-state index is 0.0661. The van der Waals surface area contributed by atoms with E-state index in [1.807, 2.05) is 0 Å². The molecule has 2 N–H and O–H groups in total. The average molecular weight is 257 g/mol. The zero-order valence-electron chi connectivity index (χ0n) is 9.74. The second-order valence-corrected chi connectivity index (χ2v) is 3.98. The lowest BCUT2D eigenvalue weighted by molar-refractivity contribution is -0.137. The Morgan fingerprint density at radius 2 is 2.06 bits per heavy atom. The van der Waals surface area contributed by atoms with Gasteiger partial charge in [0, 0.05) is 12.1 Å². The number of rotatable bonds is 5. The lowest BCUT2D eigenvalue weighted by Gasteiger charge is -2.11. The van der Waals surface area contributed by atoms with Crippen LogP contribution in [0.5, 0.6) is 0 Å². The van der Waals surface area contributed by atoms with Crippen molar-refractivity contribution in [2.24, 2.45) is 0 Å². The van der Waals surface area contributed by atoms with Crippen molar-refractivity contribution in [3.05, 3.63) is 35.4 Å². The Morgan fingerprint density at radius 3 is 2.61 bits per heavy atom. The van der Waals surface area contributed by atoms with E-state index in [1.165, 1.54) is 13.0 Å². The molecule has 98 valence electrons. The van der Waals surface area contributed by atoms with Crippen LogP contribution in [0.15, 0.2) is 18.2 Å². The number of carbonyl (C=O) groups excluding carboxylic acids is 1. The highest BCUT2D eigenvalue weighted by atomic mass is 19.1. The molecule has 1 unspecified atom stereocenters. The molecule has 0 aliphatic rings. The topological polar surface area (TPSA) is 66.4 Å². The first-order chi connectivity index (χ1) is 8.38. The van der Waals surface area contributed by atoms with Crippen LogP contribution in [0.3, 0.4) is 0 Å². The van der Waals surface area contributed by atoms with Crippen molar-refractivity contribution >= 4 is 11.9 Å². The number of hydrogen-bond donors (Lipinski definition) is 2. The lowest BCUT2D eigenvalue weighted by Crippen LogP contribution is -2.35. The standard InChI is InChI=1S/C12H13F2NO3/c1-7(4-12(17)18)15-11(16)5-8-2-3-9(13)6-10(8)14/h2-3,6-7H,4-5H2,1H3,(H,15,16)(H,17,18). The van der Waals surface area contributed by atoms with Crippen LogP contribution in [0.25, 0.3) is 0 Å². The van der Waals surface area contributed by atoms with Gasteiger partial charge in [0.2, 0.25) is 5.91 Å². The van der Waals surface area contributed by atoms with Crippen LogP contribution >= 0.6 is 0 Å². The number of carboxylic acid groups (broad SMARTS) is 1. The van der Waals surface area contributed by atoms with Gasteiger partial charge in [-0.25, -0.2) is 8.78 Å². The highest BCUT2D eigenvalue weighted by molar-refractivity contribution is 5.79. The van der Waals surface area contributed by atoms with E-state index < -0.39 is 29.6 Å². The molecule has 0 aliphatic heterocycles. The van der Waals surface area contributed by atoms with Gasteiger partial charge in [-0.1, -0.05) is 6.07 Å². The van der Waals surface area contributed by atoms with E-state index in [1.54, 1.807) is 0 Å². The highest BCUT2D eigenvalue weighted by Gasteiger charge is 2.13. The van der Waals surface area contributed by atoms with Crippen molar-refractivity contribution in [1.29, 1.82) is 0 Å². The fourth-order valence-electron chi connectivity index (χ4n) is 1.48. The summed E-state index contributed by atoms with van der Waals surface area (Å²) in [6, 6.07) is 2.40. The predicted molar refractivity (Wildman–Crippen MR) is 59.9 cm³/mol. The van der Waals surface area contributed by atoms with Crippen molar-refractivity contribution < 1.29 is 23.5 Å². The molecule has 0 fully saturated rings. The largest absolute Gasteiger partial charge is 0.481 e. The molecule has 0 bridgehead atoms. The Bertz CT molecular complexity index is 463. The number of carboxylic acids is 1. The molecule has 0 aromatic heterocycles. The predicted octanol–water partition coefficient (Wildman–Crippen LogP) is 1.49. The molecule has 0 saturated carbocycles. The molecular weight excluding hydrogens is 244 g/mol. The zero-order valence-corrected chi connectivity index (χ0v) is 9.74. The molecule has 1 rings (SSSR count). The number of hydrogen-bond acceptors (Lipinski definition) is 2. The number of benzene rings is 1. The first-order valence-corrected chi connectivity index (χ1v) is 5.33. The van der Waals surface area contributed by atoms with Crippen LogP contribution in [0.2, 0.25) is 0 Å². The van der Waals surface area contributed by atoms with Crippen LogP contribution in [-0.4, -0.2) is 23.0 Å². The molecule has 0 radical (unpaired) electrons. The normalized spacial score (nSPS) is 11.9. The third kappa shape index (κ3) is 4.48. The summed E-state index contributed by atoms with van der Waals surface area (Å²) in [5.41, 5.74) is 0.0661. The first kappa shape index (κ1) is 14.1. The number of halogens is 2. The SMILES string of the molecule is CC(CC(=O)O)NC(=O)Cc1ccc(F)cc1F. The van der Waals surface area contributed by atoms with Gasteiger partial charge in [-0.15, -0.1) is 0 Å². The molecule has 0 spiro atoms. The summed E-state index contributed by atoms with van der Waals surface area (Å²) in [6.07, 6.45) is -0.465. The third-order valence-electron chi connectivity index (χ3n) is 2.25. The Hall–Kier alpha value is -1.98. The second-order valence-electron chi connectivity index (χ2n) is 3.98. The van der Waals surface area contributed by atoms with Gasteiger partial charge in [0.15, 0.2) is 0 Å². The minimum atomic E-state index is -1.03. The number of nitrogens with one attached hydrogen (secondary N) is 1. The molecule has 6 heteroatoms. The summed E-state index contributed by atoms with van der Waals surface area (Å²) in [6.45, 7) is 1.53. The van der Waals surface area contributed by atoms with Gasteiger partial charge in [-0.3, -0.25) is 9.59 Å². The van der Waals surface area contributed by atoms with Crippen molar-refractivity contribution in [3.8, 4) is 0 Å². The lowest BCUT2D eigenvalue weighted by atomic mass is 10.1. The average Bonchev–Trinajstić information content (AvgIpc) is 2.20. The van der Waals surface area contributed by atoms with Crippen LogP contribution in [0.4, 0.5) is 8.78 Å². The van der Waals surface area contributed by atoms with Gasteiger partial charge in [0.1, 0.15) is 11.6 Å². The summed E-state index contributed by atoms with van der Waals surface area (Å²) in [5, 5.41) is 10.9. The van der Waals surface area contributed by atoms with Crippen molar-refractivity contribution in [2.45, 2.75) is 25.8 Å². The maximum atomic E-state index is 13.2. The molecule has 1 atom stereocenters. The number of carbonyl (C=O) groups is 2. The Labute approximate surface area is 103 Å². The second kappa shape index (κ2) is 6.09. The molecule has 0 aliphatic carbocycles. The van der Waals surface area contributed by atoms with Crippen molar-refractivity contribution in [3.63, 3.8) is 0 Å². The van der Waals surface area contributed by atoms with Crippen LogP contribution in [0, 0.1) is 11.6 Å². The van der Waals surface area contributed by atoms with E-state index >= 15 is 0 Å². The van der Waals surface area contributed by atoms with Crippen molar-refractivity contribution in [2.75, 3.05) is 0 Å². The maximum Gasteiger partial charge on any atom is 0.305 e. The third-order valence-corrected chi connectivity index (χ3v) is 2.25. The van der Waals surface area contributed by atoms with Gasteiger partial charge in [-0.05, 0) is 18.6 Å². The van der Waals surface area contributed by atoms with Gasteiger partial charge >= 0.3 is 5.97 Å². The number of amides is 1. The van der Waals surface area contributed by atoms with Gasteiger partial charge in [-0.2, -0.15) is 0 Å². The van der Waals surface area contributed by atoms with E-state index in [4.69, 9.17) is 5.11 Å². The van der Waals surface area contributed by atoms with Crippen molar-refractivity contribution in [1.82, 2.24) is 5.32 Å². The fraction of sp³-hybridized carbons (Fsp3) is 0.333. The van der Waals surface area contributed by atoms with Gasteiger partial charge in [0.05, 0.1) is 12.8 Å². The molecular formula is C12H13F2NO3. The zero-order chi connectivity index (χ0) is 13.7. The maximum absolute atomic E-state index is 13.2. The molecule has 1 aromatic carbocycles. The molecule has 18 heavy (non-hydrogen) atoms. The van der Waals surface area contributed by atoms with E-state index in [9.17, 15) is 18.4 Å². The molecule has 0 heterocycles. The Balaban J connectivity index is 2.56. The smallest absolute Gasteiger partial charge is 0.305 e. The summed E-state index contributed by atoms with van der Waals surface area (Å²) >= 11 is 0. The molecule has 1 aromatic rings. The monoisotopic (exact) mass is 257 g/mol.